The van der Waals surface area contributed by atoms with Crippen LogP contribution in [-0.4, -0.2) is 9.97 Å². The zero-order chi connectivity index (χ0) is 7.97. The second-order valence-electron chi connectivity index (χ2n) is 2.35. The van der Waals surface area contributed by atoms with Gasteiger partial charge in [0, 0.05) is 6.07 Å². The third-order valence-corrected chi connectivity index (χ3v) is 2.33. The molecule has 0 saturated carbocycles. The van der Waals surface area contributed by atoms with Crippen molar-refractivity contribution in [3.8, 4) is 0 Å². The SMILES string of the molecule is c1cnc2c3ncsc3o[n+]2c1. The standard InChI is InChI=1S/C7H4N3OS/c1-2-8-6-5-7(12-4-9-5)11-10(6)3-1/h1-4H/q+1. The lowest BCUT2D eigenvalue weighted by molar-refractivity contribution is -0.713. The highest BCUT2D eigenvalue weighted by molar-refractivity contribution is 7.16. The maximum absolute atomic E-state index is 5.40. The quantitative estimate of drug-likeness (QED) is 0.483. The Hall–Kier alpha value is -1.49. The van der Waals surface area contributed by atoms with Crippen LogP contribution in [-0.2, 0) is 0 Å². The van der Waals surface area contributed by atoms with Gasteiger partial charge < -0.3 is 0 Å². The second-order valence-corrected chi connectivity index (χ2v) is 3.17. The Labute approximate surface area is 71.1 Å². The van der Waals surface area contributed by atoms with Gasteiger partial charge >= 0.3 is 5.65 Å². The lowest BCUT2D eigenvalue weighted by Crippen LogP contribution is -2.17. The molecule has 58 valence electrons. The molecule has 3 rings (SSSR count). The van der Waals surface area contributed by atoms with E-state index >= 15 is 0 Å². The fourth-order valence-corrected chi connectivity index (χ4v) is 1.77. The van der Waals surface area contributed by atoms with E-state index in [4.69, 9.17) is 4.52 Å². The summed E-state index contributed by atoms with van der Waals surface area (Å²) < 4.78 is 7.02. The Balaban J connectivity index is 2.68. The lowest BCUT2D eigenvalue weighted by Gasteiger charge is -1.74. The van der Waals surface area contributed by atoms with Gasteiger partial charge in [-0.2, -0.15) is 0 Å². The van der Waals surface area contributed by atoms with Crippen molar-refractivity contribution in [2.24, 2.45) is 0 Å². The van der Waals surface area contributed by atoms with Gasteiger partial charge in [0.15, 0.2) is 0 Å². The summed E-state index contributed by atoms with van der Waals surface area (Å²) in [4.78, 5) is 9.12. The summed E-state index contributed by atoms with van der Waals surface area (Å²) >= 11 is 1.47. The maximum atomic E-state index is 5.40. The zero-order valence-electron chi connectivity index (χ0n) is 5.97. The predicted octanol–water partition coefficient (Wildman–Crippen LogP) is 1.02. The smallest absolute Gasteiger partial charge is 0.282 e. The largest absolute Gasteiger partial charge is 0.393 e. The molecule has 0 fully saturated rings. The van der Waals surface area contributed by atoms with Crippen molar-refractivity contribution in [2.45, 2.75) is 0 Å². The first-order valence-corrected chi connectivity index (χ1v) is 4.32. The molecule has 0 aliphatic carbocycles. The predicted molar refractivity (Wildman–Crippen MR) is 42.8 cm³/mol. The molecule has 0 unspecified atom stereocenters. The van der Waals surface area contributed by atoms with Crippen LogP contribution in [0.2, 0.25) is 0 Å². The van der Waals surface area contributed by atoms with Crippen molar-refractivity contribution in [3.63, 3.8) is 0 Å². The van der Waals surface area contributed by atoms with Crippen LogP contribution in [0.25, 0.3) is 16.1 Å². The van der Waals surface area contributed by atoms with Gasteiger partial charge in [-0.15, -0.1) is 0 Å². The number of hydrogen-bond donors (Lipinski definition) is 0. The Morgan fingerprint density at radius 1 is 1.42 bits per heavy atom. The first-order chi connectivity index (χ1) is 5.95. The van der Waals surface area contributed by atoms with Crippen molar-refractivity contribution in [2.75, 3.05) is 0 Å². The van der Waals surface area contributed by atoms with Gasteiger partial charge in [-0.05, 0) is 9.56 Å². The summed E-state index contributed by atoms with van der Waals surface area (Å²) in [5, 5.41) is 0. The topological polar surface area (TPSA) is 43.0 Å². The third-order valence-electron chi connectivity index (χ3n) is 1.64. The monoisotopic (exact) mass is 178 g/mol. The highest BCUT2D eigenvalue weighted by Gasteiger charge is 2.16. The van der Waals surface area contributed by atoms with Crippen molar-refractivity contribution < 1.29 is 9.10 Å². The third kappa shape index (κ3) is 0.634. The number of thiazole rings is 1. The highest BCUT2D eigenvalue weighted by Crippen LogP contribution is 2.18. The summed E-state index contributed by atoms with van der Waals surface area (Å²) in [5.74, 6) is 0. The molecule has 0 amide bonds. The second kappa shape index (κ2) is 2.01. The van der Waals surface area contributed by atoms with Crippen molar-refractivity contribution >= 4 is 27.4 Å². The molecule has 0 atom stereocenters. The van der Waals surface area contributed by atoms with Crippen LogP contribution in [0.1, 0.15) is 0 Å². The Morgan fingerprint density at radius 2 is 2.42 bits per heavy atom. The van der Waals surface area contributed by atoms with E-state index in [9.17, 15) is 0 Å². The summed E-state index contributed by atoms with van der Waals surface area (Å²) in [6.45, 7) is 0. The molecule has 0 aromatic carbocycles. The molecule has 3 heterocycles. The summed E-state index contributed by atoms with van der Waals surface area (Å²) in [7, 11) is 0. The molecule has 5 heteroatoms. The van der Waals surface area contributed by atoms with E-state index in [1.807, 2.05) is 12.3 Å². The van der Waals surface area contributed by atoms with Gasteiger partial charge in [0.25, 0.3) is 4.90 Å². The van der Waals surface area contributed by atoms with E-state index in [0.29, 0.717) is 0 Å². The first kappa shape index (κ1) is 6.07. The molecule has 3 aromatic heterocycles. The fraction of sp³-hybridized carbons (Fsp3) is 0. The molecule has 0 saturated heterocycles. The van der Waals surface area contributed by atoms with E-state index in [1.54, 1.807) is 16.3 Å². The molecular weight excluding hydrogens is 174 g/mol. The summed E-state index contributed by atoms with van der Waals surface area (Å²) in [6, 6.07) is 1.82. The van der Waals surface area contributed by atoms with Gasteiger partial charge in [-0.1, -0.05) is 11.3 Å². The van der Waals surface area contributed by atoms with Crippen molar-refractivity contribution in [3.05, 3.63) is 24.0 Å². The minimum Gasteiger partial charge on any atom is -0.282 e. The molecule has 12 heavy (non-hydrogen) atoms. The molecule has 0 N–H and O–H groups in total. The van der Waals surface area contributed by atoms with Crippen LogP contribution >= 0.6 is 11.3 Å². The van der Waals surface area contributed by atoms with Crippen LogP contribution in [0.15, 0.2) is 28.5 Å². The summed E-state index contributed by atoms with van der Waals surface area (Å²) in [5.41, 5.74) is 3.36. The number of nitrogens with zero attached hydrogens (tertiary/aromatic N) is 3. The minimum atomic E-state index is 0.772. The molecule has 3 aromatic rings. The molecule has 0 radical (unpaired) electrons. The van der Waals surface area contributed by atoms with Crippen LogP contribution in [0, 0.1) is 0 Å². The van der Waals surface area contributed by atoms with Gasteiger partial charge in [-0.25, -0.2) is 4.98 Å². The van der Waals surface area contributed by atoms with Crippen molar-refractivity contribution in [1.29, 1.82) is 0 Å². The number of fused-ring (bicyclic) bond motifs is 3. The lowest BCUT2D eigenvalue weighted by atomic mass is 10.6. The van der Waals surface area contributed by atoms with E-state index in [-0.39, 0.29) is 0 Å². The van der Waals surface area contributed by atoms with Gasteiger partial charge in [0.2, 0.25) is 5.52 Å². The summed E-state index contributed by atoms with van der Waals surface area (Å²) in [6.07, 6.45) is 3.54. The van der Waals surface area contributed by atoms with E-state index in [1.165, 1.54) is 11.3 Å². The minimum absolute atomic E-state index is 0.772. The zero-order valence-corrected chi connectivity index (χ0v) is 6.78. The maximum Gasteiger partial charge on any atom is 0.393 e. The Bertz CT molecular complexity index is 541. The number of hydrogen-bond acceptors (Lipinski definition) is 4. The Morgan fingerprint density at radius 3 is 3.42 bits per heavy atom. The van der Waals surface area contributed by atoms with Crippen LogP contribution in [0.3, 0.4) is 0 Å². The number of rotatable bonds is 0. The van der Waals surface area contributed by atoms with Crippen LogP contribution in [0.5, 0.6) is 0 Å². The molecule has 0 aliphatic heterocycles. The highest BCUT2D eigenvalue weighted by atomic mass is 32.1. The molecule has 0 bridgehead atoms. The van der Waals surface area contributed by atoms with Crippen LogP contribution in [0.4, 0.5) is 0 Å². The fourth-order valence-electron chi connectivity index (χ4n) is 1.14. The van der Waals surface area contributed by atoms with Crippen molar-refractivity contribution in [1.82, 2.24) is 9.97 Å². The first-order valence-electron chi connectivity index (χ1n) is 3.44. The average Bonchev–Trinajstić information content (AvgIpc) is 2.62. The number of aromatic nitrogens is 3. The molecule has 0 spiro atoms. The van der Waals surface area contributed by atoms with E-state index in [0.717, 1.165) is 16.1 Å². The van der Waals surface area contributed by atoms with Gasteiger partial charge in [0.05, 0.1) is 5.51 Å². The van der Waals surface area contributed by atoms with E-state index < -0.39 is 0 Å². The van der Waals surface area contributed by atoms with E-state index in [2.05, 4.69) is 9.97 Å². The van der Waals surface area contributed by atoms with Gasteiger partial charge in [0.1, 0.15) is 12.4 Å². The Kier molecular flexibility index (Phi) is 1.02. The normalized spacial score (nSPS) is 11.3. The molecule has 4 nitrogen and oxygen atoms in total. The van der Waals surface area contributed by atoms with Gasteiger partial charge in [-0.3, -0.25) is 4.52 Å². The van der Waals surface area contributed by atoms with Crippen LogP contribution < -0.4 is 4.57 Å². The molecule has 0 aliphatic rings. The molecular formula is C7H4N3OS+. The average molecular weight is 178 g/mol.